The van der Waals surface area contributed by atoms with E-state index in [9.17, 15) is 4.79 Å². The Morgan fingerprint density at radius 3 is 2.63 bits per heavy atom. The first kappa shape index (κ1) is 14.4. The molecular weight excluding hydrogens is 306 g/mol. The first-order valence-electron chi connectivity index (χ1n) is 6.46. The van der Waals surface area contributed by atoms with Crippen LogP contribution in [0.4, 0.5) is 4.79 Å². The fourth-order valence-corrected chi connectivity index (χ4v) is 3.03. The summed E-state index contributed by atoms with van der Waals surface area (Å²) >= 11 is 3.57. The number of carbonyl (C=O) groups excluding carboxylic acids is 1. The lowest BCUT2D eigenvalue weighted by Crippen LogP contribution is -2.48. The molecule has 1 aliphatic rings. The lowest BCUT2D eigenvalue weighted by atomic mass is 9.99. The number of halogens is 1. The summed E-state index contributed by atoms with van der Waals surface area (Å²) in [6, 6.07) is 6.18. The van der Waals surface area contributed by atoms with Crippen LogP contribution < -0.4 is 5.32 Å². The summed E-state index contributed by atoms with van der Waals surface area (Å²) in [5.41, 5.74) is 1.83. The molecule has 0 heterocycles. The molecule has 1 aromatic carbocycles. The standard InChI is InChI=1S/C15H20BrNO2/c1-14(2,3)19-13(18)17-15(4)8-10-6-5-7-12(16)11(10)9-15/h5-7H,8-9H2,1-4H3,(H,17,18). The van der Waals surface area contributed by atoms with Crippen molar-refractivity contribution in [3.8, 4) is 0 Å². The average molecular weight is 326 g/mol. The molecule has 0 aromatic heterocycles. The Hall–Kier alpha value is -1.03. The summed E-state index contributed by atoms with van der Waals surface area (Å²) < 4.78 is 6.44. The summed E-state index contributed by atoms with van der Waals surface area (Å²) in [4.78, 5) is 11.9. The largest absolute Gasteiger partial charge is 0.444 e. The first-order chi connectivity index (χ1) is 8.69. The highest BCUT2D eigenvalue weighted by atomic mass is 79.9. The molecule has 0 radical (unpaired) electrons. The van der Waals surface area contributed by atoms with Crippen LogP contribution in [0.15, 0.2) is 22.7 Å². The maximum Gasteiger partial charge on any atom is 0.408 e. The second kappa shape index (κ2) is 4.82. The van der Waals surface area contributed by atoms with E-state index in [1.165, 1.54) is 11.1 Å². The van der Waals surface area contributed by atoms with Gasteiger partial charge in [0.15, 0.2) is 0 Å². The second-order valence-corrected chi connectivity index (χ2v) is 7.27. The SMILES string of the molecule is CC1(NC(=O)OC(C)(C)C)Cc2cccc(Br)c2C1. The van der Waals surface area contributed by atoms with Gasteiger partial charge >= 0.3 is 6.09 Å². The molecule has 1 aliphatic carbocycles. The van der Waals surface area contributed by atoms with Crippen LogP contribution >= 0.6 is 15.9 Å². The molecule has 1 amide bonds. The number of fused-ring (bicyclic) bond motifs is 1. The summed E-state index contributed by atoms with van der Waals surface area (Å²) in [7, 11) is 0. The Morgan fingerprint density at radius 2 is 2.05 bits per heavy atom. The zero-order valence-electron chi connectivity index (χ0n) is 11.8. The van der Waals surface area contributed by atoms with Crippen LogP contribution in [-0.2, 0) is 17.6 Å². The fraction of sp³-hybridized carbons (Fsp3) is 0.533. The van der Waals surface area contributed by atoms with Crippen molar-refractivity contribution < 1.29 is 9.53 Å². The number of amides is 1. The van der Waals surface area contributed by atoms with Crippen molar-refractivity contribution in [2.24, 2.45) is 0 Å². The third kappa shape index (κ3) is 3.50. The summed E-state index contributed by atoms with van der Waals surface area (Å²) in [6.07, 6.45) is 1.31. The molecule has 1 atom stereocenters. The van der Waals surface area contributed by atoms with Crippen molar-refractivity contribution in [3.63, 3.8) is 0 Å². The lowest BCUT2D eigenvalue weighted by Gasteiger charge is -2.28. The maximum absolute atomic E-state index is 11.9. The van der Waals surface area contributed by atoms with Crippen LogP contribution in [-0.4, -0.2) is 17.2 Å². The molecule has 0 fully saturated rings. The normalized spacial score (nSPS) is 21.9. The predicted molar refractivity (Wildman–Crippen MR) is 79.3 cm³/mol. The number of carbonyl (C=O) groups is 1. The van der Waals surface area contributed by atoms with Gasteiger partial charge in [-0.2, -0.15) is 0 Å². The van der Waals surface area contributed by atoms with Gasteiger partial charge < -0.3 is 10.1 Å². The van der Waals surface area contributed by atoms with Gasteiger partial charge in [-0.15, -0.1) is 0 Å². The molecule has 1 aromatic rings. The topological polar surface area (TPSA) is 38.3 Å². The number of ether oxygens (including phenoxy) is 1. The molecule has 19 heavy (non-hydrogen) atoms. The molecule has 0 spiro atoms. The van der Waals surface area contributed by atoms with Gasteiger partial charge in [-0.1, -0.05) is 28.1 Å². The monoisotopic (exact) mass is 325 g/mol. The summed E-state index contributed by atoms with van der Waals surface area (Å²) in [6.45, 7) is 7.67. The van der Waals surface area contributed by atoms with E-state index in [2.05, 4.69) is 34.2 Å². The minimum atomic E-state index is -0.466. The number of nitrogens with one attached hydrogen (secondary N) is 1. The highest BCUT2D eigenvalue weighted by Crippen LogP contribution is 2.34. The van der Waals surface area contributed by atoms with E-state index < -0.39 is 5.60 Å². The van der Waals surface area contributed by atoms with Crippen LogP contribution in [0, 0.1) is 0 Å². The summed E-state index contributed by atoms with van der Waals surface area (Å²) in [5.74, 6) is 0. The Bertz CT molecular complexity index is 507. The smallest absolute Gasteiger partial charge is 0.408 e. The van der Waals surface area contributed by atoms with E-state index in [0.29, 0.717) is 0 Å². The molecule has 0 aliphatic heterocycles. The molecule has 3 nitrogen and oxygen atoms in total. The van der Waals surface area contributed by atoms with E-state index in [0.717, 1.165) is 17.3 Å². The van der Waals surface area contributed by atoms with Crippen LogP contribution in [0.1, 0.15) is 38.8 Å². The molecule has 2 rings (SSSR count). The van der Waals surface area contributed by atoms with E-state index in [1.54, 1.807) is 0 Å². The Labute approximate surface area is 122 Å². The molecule has 0 bridgehead atoms. The van der Waals surface area contributed by atoms with Crippen LogP contribution in [0.2, 0.25) is 0 Å². The fourth-order valence-electron chi connectivity index (χ4n) is 2.48. The number of hydrogen-bond donors (Lipinski definition) is 1. The number of alkyl carbamates (subject to hydrolysis) is 1. The average Bonchev–Trinajstić information content (AvgIpc) is 2.52. The second-order valence-electron chi connectivity index (χ2n) is 6.42. The van der Waals surface area contributed by atoms with Gasteiger partial charge in [0.05, 0.1) is 0 Å². The predicted octanol–water partition coefficient (Wildman–Crippen LogP) is 3.83. The van der Waals surface area contributed by atoms with Gasteiger partial charge in [0.25, 0.3) is 0 Å². The zero-order chi connectivity index (χ0) is 14.3. The van der Waals surface area contributed by atoms with E-state index >= 15 is 0 Å². The van der Waals surface area contributed by atoms with Crippen LogP contribution in [0.3, 0.4) is 0 Å². The maximum atomic E-state index is 11.9. The Balaban J connectivity index is 2.08. The zero-order valence-corrected chi connectivity index (χ0v) is 13.4. The van der Waals surface area contributed by atoms with Gasteiger partial charge in [-0.05, 0) is 57.7 Å². The van der Waals surface area contributed by atoms with Crippen molar-refractivity contribution in [2.45, 2.75) is 51.7 Å². The minimum Gasteiger partial charge on any atom is -0.444 e. The third-order valence-electron chi connectivity index (χ3n) is 3.17. The van der Waals surface area contributed by atoms with Crippen molar-refractivity contribution in [1.82, 2.24) is 5.32 Å². The van der Waals surface area contributed by atoms with Crippen molar-refractivity contribution in [1.29, 1.82) is 0 Å². The molecule has 1 unspecified atom stereocenters. The highest BCUT2D eigenvalue weighted by Gasteiger charge is 2.36. The van der Waals surface area contributed by atoms with E-state index in [4.69, 9.17) is 4.74 Å². The van der Waals surface area contributed by atoms with Crippen molar-refractivity contribution >= 4 is 22.0 Å². The van der Waals surface area contributed by atoms with Gasteiger partial charge in [-0.3, -0.25) is 0 Å². The molecule has 0 saturated carbocycles. The number of rotatable bonds is 1. The van der Waals surface area contributed by atoms with E-state index in [-0.39, 0.29) is 11.6 Å². The number of benzene rings is 1. The Morgan fingerprint density at radius 1 is 1.37 bits per heavy atom. The molecule has 0 saturated heterocycles. The van der Waals surface area contributed by atoms with Gasteiger partial charge in [-0.25, -0.2) is 4.79 Å². The van der Waals surface area contributed by atoms with Crippen molar-refractivity contribution in [3.05, 3.63) is 33.8 Å². The van der Waals surface area contributed by atoms with Crippen LogP contribution in [0.5, 0.6) is 0 Å². The third-order valence-corrected chi connectivity index (χ3v) is 3.91. The summed E-state index contributed by atoms with van der Waals surface area (Å²) in [5, 5.41) is 3.00. The minimum absolute atomic E-state index is 0.269. The number of hydrogen-bond acceptors (Lipinski definition) is 2. The van der Waals surface area contributed by atoms with Gasteiger partial charge in [0.1, 0.15) is 5.60 Å². The van der Waals surface area contributed by atoms with Crippen LogP contribution in [0.25, 0.3) is 0 Å². The highest BCUT2D eigenvalue weighted by molar-refractivity contribution is 9.10. The molecule has 104 valence electrons. The van der Waals surface area contributed by atoms with Crippen molar-refractivity contribution in [2.75, 3.05) is 0 Å². The Kier molecular flexibility index (Phi) is 3.65. The van der Waals surface area contributed by atoms with E-state index in [1.807, 2.05) is 32.9 Å². The van der Waals surface area contributed by atoms with Gasteiger partial charge in [0.2, 0.25) is 0 Å². The first-order valence-corrected chi connectivity index (χ1v) is 7.25. The lowest BCUT2D eigenvalue weighted by molar-refractivity contribution is 0.0468. The van der Waals surface area contributed by atoms with Gasteiger partial charge in [0, 0.05) is 10.0 Å². The molecule has 1 N–H and O–H groups in total. The molecular formula is C15H20BrNO2. The quantitative estimate of drug-likeness (QED) is 0.852. The molecule has 4 heteroatoms.